The van der Waals surface area contributed by atoms with Crippen LogP contribution in [0.3, 0.4) is 0 Å². The number of benzene rings is 2. The highest BCUT2D eigenvalue weighted by molar-refractivity contribution is 9.10. The number of anilines is 1. The highest BCUT2D eigenvalue weighted by atomic mass is 79.9. The third-order valence-electron chi connectivity index (χ3n) is 3.93. The zero-order valence-electron chi connectivity index (χ0n) is 14.3. The molecule has 0 bridgehead atoms. The first-order valence-corrected chi connectivity index (χ1v) is 8.82. The summed E-state index contributed by atoms with van der Waals surface area (Å²) in [6.07, 6.45) is 0. The van der Waals surface area contributed by atoms with Gasteiger partial charge in [-0.2, -0.15) is 0 Å². The van der Waals surface area contributed by atoms with Gasteiger partial charge in [-0.3, -0.25) is 9.69 Å². The van der Waals surface area contributed by atoms with Crippen LogP contribution in [0.25, 0.3) is 0 Å². The van der Waals surface area contributed by atoms with E-state index in [4.69, 9.17) is 4.74 Å². The predicted octanol–water partition coefficient (Wildman–Crippen LogP) is 4.55. The molecule has 5 heteroatoms. The van der Waals surface area contributed by atoms with Crippen molar-refractivity contribution < 1.29 is 9.53 Å². The molecule has 4 nitrogen and oxygen atoms in total. The third-order valence-corrected chi connectivity index (χ3v) is 4.55. The molecule has 2 aromatic carbocycles. The Morgan fingerprint density at radius 2 is 1.79 bits per heavy atom. The van der Waals surface area contributed by atoms with Crippen LogP contribution in [0.1, 0.15) is 29.8 Å². The van der Waals surface area contributed by atoms with Crippen LogP contribution in [-0.2, 0) is 6.54 Å². The molecule has 128 valence electrons. The van der Waals surface area contributed by atoms with Crippen molar-refractivity contribution in [3.63, 3.8) is 0 Å². The summed E-state index contributed by atoms with van der Waals surface area (Å²) in [5.41, 5.74) is 2.61. The van der Waals surface area contributed by atoms with Crippen LogP contribution in [0.4, 0.5) is 5.69 Å². The lowest BCUT2D eigenvalue weighted by Crippen LogP contribution is -2.22. The van der Waals surface area contributed by atoms with Crippen LogP contribution >= 0.6 is 15.9 Å². The van der Waals surface area contributed by atoms with Crippen molar-refractivity contribution in [2.45, 2.75) is 20.4 Å². The second-order valence-corrected chi connectivity index (χ2v) is 6.32. The van der Waals surface area contributed by atoms with Gasteiger partial charge in [0, 0.05) is 17.8 Å². The number of nitrogens with one attached hydrogen (secondary N) is 1. The summed E-state index contributed by atoms with van der Waals surface area (Å²) in [6, 6.07) is 13.3. The molecule has 0 saturated carbocycles. The first kappa shape index (κ1) is 18.5. The Morgan fingerprint density at radius 1 is 1.12 bits per heavy atom. The van der Waals surface area contributed by atoms with E-state index < -0.39 is 0 Å². The average molecular weight is 391 g/mol. The van der Waals surface area contributed by atoms with Crippen molar-refractivity contribution >= 4 is 27.5 Å². The molecule has 24 heavy (non-hydrogen) atoms. The smallest absolute Gasteiger partial charge is 0.255 e. The Kier molecular flexibility index (Phi) is 6.82. The standard InChI is InChI=1S/C19H23BrN2O2/c1-4-22(5-2)13-14-6-9-16(10-7-14)21-19(23)15-8-11-18(24-3)17(20)12-15/h6-12H,4-5,13H2,1-3H3,(H,21,23). The minimum absolute atomic E-state index is 0.144. The molecule has 0 radical (unpaired) electrons. The summed E-state index contributed by atoms with van der Waals surface area (Å²) < 4.78 is 5.94. The molecule has 0 unspecified atom stereocenters. The fourth-order valence-corrected chi connectivity index (χ4v) is 2.95. The van der Waals surface area contributed by atoms with Crippen LogP contribution < -0.4 is 10.1 Å². The van der Waals surface area contributed by atoms with E-state index in [1.54, 1.807) is 25.3 Å². The van der Waals surface area contributed by atoms with Crippen molar-refractivity contribution in [2.24, 2.45) is 0 Å². The highest BCUT2D eigenvalue weighted by Gasteiger charge is 2.09. The number of halogens is 1. The van der Waals surface area contributed by atoms with E-state index in [-0.39, 0.29) is 5.91 Å². The first-order chi connectivity index (χ1) is 11.6. The number of hydrogen-bond acceptors (Lipinski definition) is 3. The van der Waals surface area contributed by atoms with Gasteiger partial charge in [-0.25, -0.2) is 0 Å². The summed E-state index contributed by atoms with van der Waals surface area (Å²) in [5, 5.41) is 2.92. The molecule has 0 aromatic heterocycles. The highest BCUT2D eigenvalue weighted by Crippen LogP contribution is 2.26. The molecular weight excluding hydrogens is 368 g/mol. The number of hydrogen-bond donors (Lipinski definition) is 1. The topological polar surface area (TPSA) is 41.6 Å². The van der Waals surface area contributed by atoms with E-state index >= 15 is 0 Å². The number of rotatable bonds is 7. The minimum Gasteiger partial charge on any atom is -0.496 e. The predicted molar refractivity (Wildman–Crippen MR) is 102 cm³/mol. The third kappa shape index (κ3) is 4.82. The molecular formula is C19H23BrN2O2. The Hall–Kier alpha value is -1.85. The number of carbonyl (C=O) groups is 1. The Balaban J connectivity index is 2.02. The lowest BCUT2D eigenvalue weighted by atomic mass is 10.1. The van der Waals surface area contributed by atoms with E-state index in [0.717, 1.165) is 29.8 Å². The number of amides is 1. The van der Waals surface area contributed by atoms with E-state index in [0.29, 0.717) is 11.3 Å². The van der Waals surface area contributed by atoms with Crippen LogP contribution in [0.5, 0.6) is 5.75 Å². The van der Waals surface area contributed by atoms with Gasteiger partial charge in [-0.05, 0) is 64.9 Å². The van der Waals surface area contributed by atoms with E-state index in [2.05, 4.69) is 52.1 Å². The lowest BCUT2D eigenvalue weighted by Gasteiger charge is -2.18. The Morgan fingerprint density at radius 3 is 2.33 bits per heavy atom. The summed E-state index contributed by atoms with van der Waals surface area (Å²) >= 11 is 3.40. The van der Waals surface area contributed by atoms with Crippen LogP contribution in [0.15, 0.2) is 46.9 Å². The zero-order chi connectivity index (χ0) is 17.5. The number of methoxy groups -OCH3 is 1. The molecule has 0 aliphatic carbocycles. The first-order valence-electron chi connectivity index (χ1n) is 8.03. The summed E-state index contributed by atoms with van der Waals surface area (Å²) in [7, 11) is 1.60. The van der Waals surface area contributed by atoms with Crippen molar-refractivity contribution in [1.29, 1.82) is 0 Å². The molecule has 1 N–H and O–H groups in total. The molecule has 2 rings (SSSR count). The van der Waals surface area contributed by atoms with Gasteiger partial charge in [0.2, 0.25) is 0 Å². The Bertz CT molecular complexity index is 682. The molecule has 0 aliphatic rings. The SMILES string of the molecule is CCN(CC)Cc1ccc(NC(=O)c2ccc(OC)c(Br)c2)cc1. The van der Waals surface area contributed by atoms with Crippen molar-refractivity contribution in [1.82, 2.24) is 4.90 Å². The van der Waals surface area contributed by atoms with Crippen LogP contribution in [-0.4, -0.2) is 31.0 Å². The van der Waals surface area contributed by atoms with Crippen molar-refractivity contribution in [3.05, 3.63) is 58.1 Å². The fourth-order valence-electron chi connectivity index (χ4n) is 2.41. The van der Waals surface area contributed by atoms with Gasteiger partial charge in [0.1, 0.15) is 5.75 Å². The van der Waals surface area contributed by atoms with Gasteiger partial charge in [0.25, 0.3) is 5.91 Å². The van der Waals surface area contributed by atoms with Gasteiger partial charge < -0.3 is 10.1 Å². The van der Waals surface area contributed by atoms with Gasteiger partial charge in [0.15, 0.2) is 0 Å². The van der Waals surface area contributed by atoms with Crippen LogP contribution in [0.2, 0.25) is 0 Å². The average Bonchev–Trinajstić information content (AvgIpc) is 2.60. The molecule has 0 fully saturated rings. The number of nitrogens with zero attached hydrogens (tertiary/aromatic N) is 1. The minimum atomic E-state index is -0.144. The quantitative estimate of drug-likeness (QED) is 0.753. The number of carbonyl (C=O) groups excluding carboxylic acids is 1. The second kappa shape index (κ2) is 8.85. The molecule has 0 heterocycles. The zero-order valence-corrected chi connectivity index (χ0v) is 15.9. The Labute approximate surface area is 151 Å². The number of ether oxygens (including phenoxy) is 1. The van der Waals surface area contributed by atoms with E-state index in [9.17, 15) is 4.79 Å². The summed E-state index contributed by atoms with van der Waals surface area (Å²) in [5.74, 6) is 0.558. The maximum Gasteiger partial charge on any atom is 0.255 e. The molecule has 1 amide bonds. The van der Waals surface area contributed by atoms with Crippen molar-refractivity contribution in [3.8, 4) is 5.75 Å². The van der Waals surface area contributed by atoms with Gasteiger partial charge in [-0.1, -0.05) is 26.0 Å². The van der Waals surface area contributed by atoms with Gasteiger partial charge >= 0.3 is 0 Å². The fraction of sp³-hybridized carbons (Fsp3) is 0.316. The van der Waals surface area contributed by atoms with Crippen molar-refractivity contribution in [2.75, 3.05) is 25.5 Å². The maximum absolute atomic E-state index is 12.3. The lowest BCUT2D eigenvalue weighted by molar-refractivity contribution is 0.102. The summed E-state index contributed by atoms with van der Waals surface area (Å²) in [4.78, 5) is 14.7. The van der Waals surface area contributed by atoms with Gasteiger partial charge in [-0.15, -0.1) is 0 Å². The monoisotopic (exact) mass is 390 g/mol. The molecule has 0 saturated heterocycles. The molecule has 0 aliphatic heterocycles. The molecule has 0 spiro atoms. The molecule has 2 aromatic rings. The van der Waals surface area contributed by atoms with E-state index in [1.165, 1.54) is 5.56 Å². The normalized spacial score (nSPS) is 10.7. The summed E-state index contributed by atoms with van der Waals surface area (Å²) in [6.45, 7) is 7.30. The second-order valence-electron chi connectivity index (χ2n) is 5.46. The molecule has 0 atom stereocenters. The largest absolute Gasteiger partial charge is 0.496 e. The maximum atomic E-state index is 12.3. The van der Waals surface area contributed by atoms with Crippen LogP contribution in [0, 0.1) is 0 Å². The van der Waals surface area contributed by atoms with Gasteiger partial charge in [0.05, 0.1) is 11.6 Å². The van der Waals surface area contributed by atoms with E-state index in [1.807, 2.05) is 12.1 Å².